The molecule has 0 saturated carbocycles. The number of hydrogen-bond donors (Lipinski definition) is 1. The zero-order valence-corrected chi connectivity index (χ0v) is 10.8. The molecule has 2 rings (SSSR count). The molecule has 1 aliphatic rings. The van der Waals surface area contributed by atoms with E-state index in [1.54, 1.807) is 12.4 Å². The maximum absolute atomic E-state index is 12.3. The monoisotopic (exact) mass is 248 g/mol. The Labute approximate surface area is 108 Å². The molecule has 1 aliphatic heterocycles. The van der Waals surface area contributed by atoms with Crippen LogP contribution in [0.25, 0.3) is 0 Å². The summed E-state index contributed by atoms with van der Waals surface area (Å²) in [6.45, 7) is 4.71. The SMILES string of the molecule is CCCN(CC1CCCN1)C(=O)c1cncnc1. The summed E-state index contributed by atoms with van der Waals surface area (Å²) in [4.78, 5) is 22.1. The smallest absolute Gasteiger partial charge is 0.257 e. The van der Waals surface area contributed by atoms with Gasteiger partial charge >= 0.3 is 0 Å². The fourth-order valence-corrected chi connectivity index (χ4v) is 2.32. The predicted octanol–water partition coefficient (Wildman–Crippen LogP) is 1.08. The van der Waals surface area contributed by atoms with Gasteiger partial charge in [-0.3, -0.25) is 4.79 Å². The summed E-state index contributed by atoms with van der Waals surface area (Å²) < 4.78 is 0. The lowest BCUT2D eigenvalue weighted by molar-refractivity contribution is 0.0741. The van der Waals surface area contributed by atoms with Gasteiger partial charge in [0.15, 0.2) is 0 Å². The molecule has 1 saturated heterocycles. The van der Waals surface area contributed by atoms with Crippen LogP contribution in [-0.4, -0.2) is 46.5 Å². The van der Waals surface area contributed by atoms with E-state index < -0.39 is 0 Å². The van der Waals surface area contributed by atoms with E-state index in [1.807, 2.05) is 4.90 Å². The molecule has 0 aromatic carbocycles. The number of carbonyl (C=O) groups excluding carboxylic acids is 1. The Morgan fingerprint density at radius 3 is 2.89 bits per heavy atom. The van der Waals surface area contributed by atoms with Gasteiger partial charge in [-0.15, -0.1) is 0 Å². The van der Waals surface area contributed by atoms with Crippen molar-refractivity contribution in [3.63, 3.8) is 0 Å². The average Bonchev–Trinajstić information content (AvgIpc) is 2.91. The third-order valence-corrected chi connectivity index (χ3v) is 3.19. The highest BCUT2D eigenvalue weighted by Crippen LogP contribution is 2.10. The first kappa shape index (κ1) is 13.0. The summed E-state index contributed by atoms with van der Waals surface area (Å²) in [6, 6.07) is 0.435. The molecular weight excluding hydrogens is 228 g/mol. The fourth-order valence-electron chi connectivity index (χ4n) is 2.32. The molecule has 0 aliphatic carbocycles. The number of aromatic nitrogens is 2. The Morgan fingerprint density at radius 2 is 2.28 bits per heavy atom. The van der Waals surface area contributed by atoms with E-state index in [0.29, 0.717) is 11.6 Å². The fraction of sp³-hybridized carbons (Fsp3) is 0.615. The van der Waals surface area contributed by atoms with Gasteiger partial charge in [0.05, 0.1) is 5.56 Å². The lowest BCUT2D eigenvalue weighted by atomic mass is 10.2. The molecule has 1 atom stereocenters. The Morgan fingerprint density at radius 1 is 1.50 bits per heavy atom. The van der Waals surface area contributed by atoms with Crippen molar-refractivity contribution in [2.75, 3.05) is 19.6 Å². The van der Waals surface area contributed by atoms with Crippen molar-refractivity contribution in [3.05, 3.63) is 24.3 Å². The van der Waals surface area contributed by atoms with Gasteiger partial charge in [-0.1, -0.05) is 6.92 Å². The number of carbonyl (C=O) groups is 1. The van der Waals surface area contributed by atoms with Crippen molar-refractivity contribution in [1.82, 2.24) is 20.2 Å². The standard InChI is InChI=1S/C13H20N4O/c1-2-6-17(9-12-4-3-5-16-12)13(18)11-7-14-10-15-8-11/h7-8,10,12,16H,2-6,9H2,1H3. The van der Waals surface area contributed by atoms with Crippen LogP contribution in [0.3, 0.4) is 0 Å². The first-order valence-electron chi connectivity index (χ1n) is 6.59. The number of amides is 1. The van der Waals surface area contributed by atoms with Gasteiger partial charge < -0.3 is 10.2 Å². The normalized spacial score (nSPS) is 18.8. The zero-order chi connectivity index (χ0) is 12.8. The number of hydrogen-bond acceptors (Lipinski definition) is 4. The summed E-state index contributed by atoms with van der Waals surface area (Å²) in [5.74, 6) is 0.0335. The molecule has 1 fully saturated rings. The first-order chi connectivity index (χ1) is 8.81. The number of nitrogens with one attached hydrogen (secondary N) is 1. The molecule has 1 aromatic rings. The molecule has 0 radical (unpaired) electrons. The van der Waals surface area contributed by atoms with E-state index in [1.165, 1.54) is 12.7 Å². The van der Waals surface area contributed by atoms with Crippen LogP contribution in [0.1, 0.15) is 36.5 Å². The van der Waals surface area contributed by atoms with Crippen LogP contribution in [0.4, 0.5) is 0 Å². The first-order valence-corrected chi connectivity index (χ1v) is 6.59. The second kappa shape index (κ2) is 6.44. The lowest BCUT2D eigenvalue weighted by Gasteiger charge is -2.25. The molecule has 1 unspecified atom stereocenters. The Kier molecular flexibility index (Phi) is 4.64. The van der Waals surface area contributed by atoms with Crippen LogP contribution >= 0.6 is 0 Å². The molecule has 2 heterocycles. The van der Waals surface area contributed by atoms with Crippen molar-refractivity contribution in [2.45, 2.75) is 32.2 Å². The molecule has 0 spiro atoms. The quantitative estimate of drug-likeness (QED) is 0.847. The van der Waals surface area contributed by atoms with Crippen molar-refractivity contribution in [1.29, 1.82) is 0 Å². The van der Waals surface area contributed by atoms with E-state index in [4.69, 9.17) is 0 Å². The second-order valence-electron chi connectivity index (χ2n) is 4.67. The summed E-state index contributed by atoms with van der Waals surface area (Å²) in [5.41, 5.74) is 0.573. The summed E-state index contributed by atoms with van der Waals surface area (Å²) >= 11 is 0. The highest BCUT2D eigenvalue weighted by atomic mass is 16.2. The van der Waals surface area contributed by atoms with Crippen LogP contribution < -0.4 is 5.32 Å². The van der Waals surface area contributed by atoms with E-state index >= 15 is 0 Å². The third-order valence-electron chi connectivity index (χ3n) is 3.19. The molecule has 1 aromatic heterocycles. The average molecular weight is 248 g/mol. The maximum Gasteiger partial charge on any atom is 0.257 e. The van der Waals surface area contributed by atoms with E-state index in [-0.39, 0.29) is 5.91 Å². The predicted molar refractivity (Wildman–Crippen MR) is 69.3 cm³/mol. The molecule has 98 valence electrons. The maximum atomic E-state index is 12.3. The molecule has 1 N–H and O–H groups in total. The topological polar surface area (TPSA) is 58.1 Å². The van der Waals surface area contributed by atoms with Crippen molar-refractivity contribution in [2.24, 2.45) is 0 Å². The summed E-state index contributed by atoms with van der Waals surface area (Å²) in [6.07, 6.45) is 7.93. The van der Waals surface area contributed by atoms with Crippen LogP contribution in [-0.2, 0) is 0 Å². The number of rotatable bonds is 5. The molecule has 0 bridgehead atoms. The van der Waals surface area contributed by atoms with E-state index in [9.17, 15) is 4.79 Å². The van der Waals surface area contributed by atoms with Gasteiger partial charge in [0.1, 0.15) is 6.33 Å². The summed E-state index contributed by atoms with van der Waals surface area (Å²) in [5, 5.41) is 3.43. The highest BCUT2D eigenvalue weighted by molar-refractivity contribution is 5.93. The minimum absolute atomic E-state index is 0.0335. The second-order valence-corrected chi connectivity index (χ2v) is 4.67. The van der Waals surface area contributed by atoms with E-state index in [0.717, 1.165) is 32.5 Å². The van der Waals surface area contributed by atoms with Gasteiger partial charge in [0.25, 0.3) is 5.91 Å². The van der Waals surface area contributed by atoms with Crippen molar-refractivity contribution >= 4 is 5.91 Å². The Hall–Kier alpha value is -1.49. The zero-order valence-electron chi connectivity index (χ0n) is 10.8. The minimum Gasteiger partial charge on any atom is -0.337 e. The van der Waals surface area contributed by atoms with Crippen molar-refractivity contribution in [3.8, 4) is 0 Å². The van der Waals surface area contributed by atoms with Crippen molar-refractivity contribution < 1.29 is 4.79 Å². The minimum atomic E-state index is 0.0335. The molecule has 18 heavy (non-hydrogen) atoms. The molecule has 5 nitrogen and oxygen atoms in total. The third kappa shape index (κ3) is 3.26. The molecular formula is C13H20N4O. The highest BCUT2D eigenvalue weighted by Gasteiger charge is 2.22. The van der Waals surface area contributed by atoms with E-state index in [2.05, 4.69) is 22.2 Å². The Balaban J connectivity index is 2.02. The number of nitrogens with zero attached hydrogens (tertiary/aromatic N) is 3. The van der Waals surface area contributed by atoms with Gasteiger partial charge in [-0.2, -0.15) is 0 Å². The largest absolute Gasteiger partial charge is 0.337 e. The van der Waals surface area contributed by atoms with Gasteiger partial charge in [-0.25, -0.2) is 9.97 Å². The van der Waals surface area contributed by atoms with Crippen LogP contribution in [0.15, 0.2) is 18.7 Å². The van der Waals surface area contributed by atoms with Gasteiger partial charge in [-0.05, 0) is 25.8 Å². The molecule has 5 heteroatoms. The van der Waals surface area contributed by atoms with Crippen LogP contribution in [0, 0.1) is 0 Å². The van der Waals surface area contributed by atoms with Crippen LogP contribution in [0.2, 0.25) is 0 Å². The lowest BCUT2D eigenvalue weighted by Crippen LogP contribution is -2.41. The van der Waals surface area contributed by atoms with Gasteiger partial charge in [0, 0.05) is 31.5 Å². The van der Waals surface area contributed by atoms with Gasteiger partial charge in [0.2, 0.25) is 0 Å². The summed E-state index contributed by atoms with van der Waals surface area (Å²) in [7, 11) is 0. The van der Waals surface area contributed by atoms with Crippen LogP contribution in [0.5, 0.6) is 0 Å². The Bertz CT molecular complexity index is 376. The molecule has 1 amide bonds.